The molecular formula is C12H17FN2O. The van der Waals surface area contributed by atoms with Gasteiger partial charge in [-0.1, -0.05) is 12.8 Å². The first-order chi connectivity index (χ1) is 7.84. The Labute approximate surface area is 95.0 Å². The maximum absolute atomic E-state index is 12.6. The number of rotatable bonds is 5. The van der Waals surface area contributed by atoms with Crippen molar-refractivity contribution in [2.75, 3.05) is 18.5 Å². The van der Waals surface area contributed by atoms with Gasteiger partial charge in [-0.05, 0) is 25.0 Å². The first-order valence-corrected chi connectivity index (χ1v) is 5.81. The van der Waals surface area contributed by atoms with Gasteiger partial charge in [0.25, 0.3) is 0 Å². The van der Waals surface area contributed by atoms with Crippen LogP contribution in [-0.2, 0) is 4.74 Å². The Balaban J connectivity index is 1.62. The van der Waals surface area contributed by atoms with Gasteiger partial charge < -0.3 is 10.1 Å². The van der Waals surface area contributed by atoms with Crippen LogP contribution in [0.5, 0.6) is 0 Å². The third kappa shape index (κ3) is 3.45. The predicted octanol–water partition coefficient (Wildman–Crippen LogP) is 2.59. The van der Waals surface area contributed by atoms with Crippen molar-refractivity contribution in [3.8, 4) is 0 Å². The first-order valence-electron chi connectivity index (χ1n) is 5.81. The largest absolute Gasteiger partial charge is 0.376 e. The van der Waals surface area contributed by atoms with E-state index in [1.54, 1.807) is 6.07 Å². The molecule has 0 saturated heterocycles. The minimum absolute atomic E-state index is 0.312. The lowest BCUT2D eigenvalue weighted by molar-refractivity contribution is 0.0658. The Hall–Kier alpha value is -1.16. The van der Waals surface area contributed by atoms with Crippen LogP contribution in [0.3, 0.4) is 0 Å². The number of ether oxygens (including phenoxy) is 1. The Morgan fingerprint density at radius 2 is 2.19 bits per heavy atom. The standard InChI is InChI=1S/C12H17FN2O/c13-10-5-6-12(15-9-10)14-7-8-16-11-3-1-2-4-11/h5-6,9,11H,1-4,7-8H2,(H,14,15). The SMILES string of the molecule is Fc1ccc(NCCOC2CCCC2)nc1. The molecule has 1 N–H and O–H groups in total. The number of anilines is 1. The molecule has 0 radical (unpaired) electrons. The van der Waals surface area contributed by atoms with Crippen molar-refractivity contribution in [1.82, 2.24) is 4.98 Å². The first kappa shape index (κ1) is 11.3. The summed E-state index contributed by atoms with van der Waals surface area (Å²) in [6, 6.07) is 3.03. The Kier molecular flexibility index (Phi) is 4.10. The second-order valence-corrected chi connectivity index (χ2v) is 4.07. The molecule has 1 aliphatic rings. The Bertz CT molecular complexity index is 309. The van der Waals surface area contributed by atoms with Crippen LogP contribution in [0.2, 0.25) is 0 Å². The molecule has 1 fully saturated rings. The fourth-order valence-corrected chi connectivity index (χ4v) is 1.94. The monoisotopic (exact) mass is 224 g/mol. The molecule has 1 aromatic heterocycles. The highest BCUT2D eigenvalue weighted by molar-refractivity contribution is 5.33. The molecule has 1 aliphatic carbocycles. The molecule has 2 rings (SSSR count). The molecule has 0 unspecified atom stereocenters. The van der Waals surface area contributed by atoms with Crippen LogP contribution in [0.15, 0.2) is 18.3 Å². The maximum Gasteiger partial charge on any atom is 0.141 e. The Morgan fingerprint density at radius 3 is 2.88 bits per heavy atom. The van der Waals surface area contributed by atoms with Gasteiger partial charge in [0.05, 0.1) is 18.9 Å². The maximum atomic E-state index is 12.6. The number of halogens is 1. The van der Waals surface area contributed by atoms with Gasteiger partial charge in [-0.25, -0.2) is 9.37 Å². The highest BCUT2D eigenvalue weighted by Gasteiger charge is 2.14. The van der Waals surface area contributed by atoms with Gasteiger partial charge in [-0.15, -0.1) is 0 Å². The molecule has 4 heteroatoms. The molecule has 1 saturated carbocycles. The summed E-state index contributed by atoms with van der Waals surface area (Å²) in [6.07, 6.45) is 6.61. The fraction of sp³-hybridized carbons (Fsp3) is 0.583. The summed E-state index contributed by atoms with van der Waals surface area (Å²) in [6.45, 7) is 1.40. The lowest BCUT2D eigenvalue weighted by Gasteiger charge is -2.11. The average Bonchev–Trinajstić information content (AvgIpc) is 2.80. The van der Waals surface area contributed by atoms with Crippen molar-refractivity contribution in [3.05, 3.63) is 24.1 Å². The minimum atomic E-state index is -0.312. The predicted molar refractivity (Wildman–Crippen MR) is 60.9 cm³/mol. The van der Waals surface area contributed by atoms with E-state index < -0.39 is 0 Å². The quantitative estimate of drug-likeness (QED) is 0.780. The highest BCUT2D eigenvalue weighted by Crippen LogP contribution is 2.20. The van der Waals surface area contributed by atoms with E-state index in [1.807, 2.05) is 0 Å². The van der Waals surface area contributed by atoms with E-state index in [1.165, 1.54) is 37.9 Å². The lowest BCUT2D eigenvalue weighted by Crippen LogP contribution is -2.15. The number of nitrogens with one attached hydrogen (secondary N) is 1. The number of nitrogens with zero attached hydrogens (tertiary/aromatic N) is 1. The topological polar surface area (TPSA) is 34.1 Å². The molecule has 0 aromatic carbocycles. The molecule has 88 valence electrons. The number of aromatic nitrogens is 1. The number of pyridine rings is 1. The van der Waals surface area contributed by atoms with Crippen molar-refractivity contribution in [2.45, 2.75) is 31.8 Å². The molecule has 0 spiro atoms. The van der Waals surface area contributed by atoms with Crippen LogP contribution in [-0.4, -0.2) is 24.2 Å². The van der Waals surface area contributed by atoms with E-state index in [-0.39, 0.29) is 5.82 Å². The van der Waals surface area contributed by atoms with Crippen LogP contribution in [0, 0.1) is 5.82 Å². The van der Waals surface area contributed by atoms with Crippen molar-refractivity contribution in [1.29, 1.82) is 0 Å². The molecule has 0 bridgehead atoms. The Morgan fingerprint density at radius 1 is 1.38 bits per heavy atom. The lowest BCUT2D eigenvalue weighted by atomic mass is 10.3. The van der Waals surface area contributed by atoms with Gasteiger partial charge in [-0.3, -0.25) is 0 Å². The number of hydrogen-bond donors (Lipinski definition) is 1. The molecule has 1 heterocycles. The van der Waals surface area contributed by atoms with Crippen molar-refractivity contribution >= 4 is 5.82 Å². The van der Waals surface area contributed by atoms with Gasteiger partial charge >= 0.3 is 0 Å². The zero-order valence-corrected chi connectivity index (χ0v) is 9.29. The second-order valence-electron chi connectivity index (χ2n) is 4.07. The normalized spacial score (nSPS) is 16.6. The van der Waals surface area contributed by atoms with Crippen molar-refractivity contribution in [2.24, 2.45) is 0 Å². The van der Waals surface area contributed by atoms with E-state index in [2.05, 4.69) is 10.3 Å². The van der Waals surface area contributed by atoms with Crippen LogP contribution in [0.25, 0.3) is 0 Å². The zero-order chi connectivity index (χ0) is 11.2. The molecule has 16 heavy (non-hydrogen) atoms. The van der Waals surface area contributed by atoms with E-state index in [4.69, 9.17) is 4.74 Å². The summed E-state index contributed by atoms with van der Waals surface area (Å²) in [5.74, 6) is 0.379. The summed E-state index contributed by atoms with van der Waals surface area (Å²) >= 11 is 0. The van der Waals surface area contributed by atoms with E-state index in [0.29, 0.717) is 18.5 Å². The van der Waals surface area contributed by atoms with E-state index >= 15 is 0 Å². The van der Waals surface area contributed by atoms with Gasteiger partial charge in [0.15, 0.2) is 0 Å². The molecule has 0 amide bonds. The van der Waals surface area contributed by atoms with Crippen LogP contribution in [0.1, 0.15) is 25.7 Å². The van der Waals surface area contributed by atoms with Crippen LogP contribution >= 0.6 is 0 Å². The van der Waals surface area contributed by atoms with Crippen LogP contribution < -0.4 is 5.32 Å². The van der Waals surface area contributed by atoms with Gasteiger partial charge in [-0.2, -0.15) is 0 Å². The zero-order valence-electron chi connectivity index (χ0n) is 9.29. The summed E-state index contributed by atoms with van der Waals surface area (Å²) in [4.78, 5) is 3.91. The van der Waals surface area contributed by atoms with E-state index in [0.717, 1.165) is 6.54 Å². The minimum Gasteiger partial charge on any atom is -0.376 e. The number of hydrogen-bond acceptors (Lipinski definition) is 3. The van der Waals surface area contributed by atoms with Crippen molar-refractivity contribution < 1.29 is 9.13 Å². The fourth-order valence-electron chi connectivity index (χ4n) is 1.94. The van der Waals surface area contributed by atoms with Gasteiger partial charge in [0.2, 0.25) is 0 Å². The van der Waals surface area contributed by atoms with E-state index in [9.17, 15) is 4.39 Å². The molecular weight excluding hydrogens is 207 g/mol. The molecule has 0 atom stereocenters. The summed E-state index contributed by atoms with van der Waals surface area (Å²) in [5, 5.41) is 3.09. The summed E-state index contributed by atoms with van der Waals surface area (Å²) in [7, 11) is 0. The molecule has 3 nitrogen and oxygen atoms in total. The van der Waals surface area contributed by atoms with Gasteiger partial charge in [0.1, 0.15) is 11.6 Å². The van der Waals surface area contributed by atoms with Gasteiger partial charge in [0, 0.05) is 6.54 Å². The summed E-state index contributed by atoms with van der Waals surface area (Å²) in [5.41, 5.74) is 0. The summed E-state index contributed by atoms with van der Waals surface area (Å²) < 4.78 is 18.2. The second kappa shape index (κ2) is 5.80. The third-order valence-electron chi connectivity index (χ3n) is 2.79. The smallest absolute Gasteiger partial charge is 0.141 e. The average molecular weight is 224 g/mol. The van der Waals surface area contributed by atoms with Crippen LogP contribution in [0.4, 0.5) is 10.2 Å². The molecule has 1 aromatic rings. The highest BCUT2D eigenvalue weighted by atomic mass is 19.1. The molecule has 0 aliphatic heterocycles. The van der Waals surface area contributed by atoms with Crippen molar-refractivity contribution in [3.63, 3.8) is 0 Å². The third-order valence-corrected chi connectivity index (χ3v) is 2.79.